The standard InChI is InChI=1S/C14H9Br2NO/c1-8-6-11(16)13-12(7-8)17-14(18-13)9-4-2-3-5-10(9)15/h2-7H,1H3. The maximum atomic E-state index is 5.83. The summed E-state index contributed by atoms with van der Waals surface area (Å²) in [5.41, 5.74) is 3.76. The number of nitrogens with zero attached hydrogens (tertiary/aromatic N) is 1. The monoisotopic (exact) mass is 365 g/mol. The average molecular weight is 367 g/mol. The zero-order valence-electron chi connectivity index (χ0n) is 9.58. The van der Waals surface area contributed by atoms with Crippen molar-refractivity contribution in [2.24, 2.45) is 0 Å². The highest BCUT2D eigenvalue weighted by atomic mass is 79.9. The van der Waals surface area contributed by atoms with Gasteiger partial charge in [-0.3, -0.25) is 0 Å². The van der Waals surface area contributed by atoms with Crippen LogP contribution in [0.1, 0.15) is 5.56 Å². The molecule has 0 radical (unpaired) electrons. The van der Waals surface area contributed by atoms with Crippen molar-refractivity contribution in [2.75, 3.05) is 0 Å². The van der Waals surface area contributed by atoms with Gasteiger partial charge in [0, 0.05) is 4.47 Å². The summed E-state index contributed by atoms with van der Waals surface area (Å²) < 4.78 is 7.74. The van der Waals surface area contributed by atoms with Crippen LogP contribution in [0.15, 0.2) is 49.8 Å². The zero-order valence-corrected chi connectivity index (χ0v) is 12.7. The molecule has 0 aliphatic heterocycles. The molecule has 0 atom stereocenters. The Kier molecular flexibility index (Phi) is 2.99. The Balaban J connectivity index is 2.26. The molecule has 3 aromatic rings. The van der Waals surface area contributed by atoms with Crippen LogP contribution in [0.25, 0.3) is 22.6 Å². The molecule has 0 spiro atoms. The van der Waals surface area contributed by atoms with E-state index in [0.29, 0.717) is 5.89 Å². The predicted octanol–water partition coefficient (Wildman–Crippen LogP) is 5.33. The number of aryl methyl sites for hydroxylation is 1. The molecular weight excluding hydrogens is 358 g/mol. The van der Waals surface area contributed by atoms with Gasteiger partial charge in [0.05, 0.1) is 10.0 Å². The first kappa shape index (κ1) is 11.9. The van der Waals surface area contributed by atoms with Gasteiger partial charge < -0.3 is 4.42 Å². The molecule has 1 aromatic heterocycles. The van der Waals surface area contributed by atoms with Gasteiger partial charge in [0.15, 0.2) is 5.58 Å². The maximum absolute atomic E-state index is 5.83. The van der Waals surface area contributed by atoms with E-state index in [1.165, 1.54) is 0 Å². The van der Waals surface area contributed by atoms with Crippen LogP contribution in [0.4, 0.5) is 0 Å². The van der Waals surface area contributed by atoms with Crippen LogP contribution in [-0.4, -0.2) is 4.98 Å². The van der Waals surface area contributed by atoms with Crippen molar-refractivity contribution in [3.05, 3.63) is 50.9 Å². The summed E-state index contributed by atoms with van der Waals surface area (Å²) in [5, 5.41) is 0. The molecule has 90 valence electrons. The van der Waals surface area contributed by atoms with Crippen molar-refractivity contribution in [3.63, 3.8) is 0 Å². The zero-order chi connectivity index (χ0) is 12.7. The summed E-state index contributed by atoms with van der Waals surface area (Å²) in [4.78, 5) is 4.54. The molecule has 3 rings (SSSR count). The normalized spacial score (nSPS) is 11.1. The van der Waals surface area contributed by atoms with Crippen molar-refractivity contribution >= 4 is 43.0 Å². The van der Waals surface area contributed by atoms with Crippen molar-refractivity contribution in [3.8, 4) is 11.5 Å². The van der Waals surface area contributed by atoms with Crippen LogP contribution in [-0.2, 0) is 0 Å². The Morgan fingerprint density at radius 1 is 1.06 bits per heavy atom. The summed E-state index contributed by atoms with van der Waals surface area (Å²) in [7, 11) is 0. The fraction of sp³-hybridized carbons (Fsp3) is 0.0714. The summed E-state index contributed by atoms with van der Waals surface area (Å²) in [6.45, 7) is 2.04. The van der Waals surface area contributed by atoms with Gasteiger partial charge in [-0.25, -0.2) is 4.98 Å². The lowest BCUT2D eigenvalue weighted by atomic mass is 10.2. The first-order valence-corrected chi connectivity index (χ1v) is 7.05. The molecule has 1 heterocycles. The Labute approximate surface area is 121 Å². The molecule has 0 aliphatic rings. The van der Waals surface area contributed by atoms with Crippen molar-refractivity contribution in [2.45, 2.75) is 6.92 Å². The molecule has 0 bridgehead atoms. The summed E-state index contributed by atoms with van der Waals surface area (Å²) in [5.74, 6) is 0.628. The van der Waals surface area contributed by atoms with Gasteiger partial charge in [-0.2, -0.15) is 0 Å². The quantitative estimate of drug-likeness (QED) is 0.581. The second-order valence-electron chi connectivity index (χ2n) is 4.09. The van der Waals surface area contributed by atoms with E-state index in [9.17, 15) is 0 Å². The van der Waals surface area contributed by atoms with E-state index < -0.39 is 0 Å². The minimum Gasteiger partial charge on any atom is -0.435 e. The fourth-order valence-electron chi connectivity index (χ4n) is 1.87. The minimum atomic E-state index is 0.628. The molecule has 18 heavy (non-hydrogen) atoms. The molecule has 2 nitrogen and oxygen atoms in total. The van der Waals surface area contributed by atoms with Crippen molar-refractivity contribution in [1.29, 1.82) is 0 Å². The van der Waals surface area contributed by atoms with E-state index in [2.05, 4.69) is 36.8 Å². The Hall–Kier alpha value is -1.13. The lowest BCUT2D eigenvalue weighted by molar-refractivity contribution is 0.617. The maximum Gasteiger partial charge on any atom is 0.228 e. The topological polar surface area (TPSA) is 26.0 Å². The predicted molar refractivity (Wildman–Crippen MR) is 79.6 cm³/mol. The smallest absolute Gasteiger partial charge is 0.228 e. The molecule has 0 saturated heterocycles. The largest absolute Gasteiger partial charge is 0.435 e. The van der Waals surface area contributed by atoms with Gasteiger partial charge in [-0.05, 0) is 68.6 Å². The SMILES string of the molecule is Cc1cc(Br)c2oc(-c3ccccc3Br)nc2c1. The van der Waals surface area contributed by atoms with Crippen molar-refractivity contribution < 1.29 is 4.42 Å². The van der Waals surface area contributed by atoms with Crippen LogP contribution >= 0.6 is 31.9 Å². The number of aromatic nitrogens is 1. The lowest BCUT2D eigenvalue weighted by Gasteiger charge is -1.97. The van der Waals surface area contributed by atoms with Crippen LogP contribution in [0, 0.1) is 6.92 Å². The van der Waals surface area contributed by atoms with Gasteiger partial charge in [0.25, 0.3) is 0 Å². The number of hydrogen-bond donors (Lipinski definition) is 0. The number of benzene rings is 2. The van der Waals surface area contributed by atoms with Crippen LogP contribution in [0.2, 0.25) is 0 Å². The highest BCUT2D eigenvalue weighted by Gasteiger charge is 2.13. The van der Waals surface area contributed by atoms with E-state index >= 15 is 0 Å². The third-order valence-electron chi connectivity index (χ3n) is 2.69. The molecule has 0 unspecified atom stereocenters. The Morgan fingerprint density at radius 3 is 2.61 bits per heavy atom. The minimum absolute atomic E-state index is 0.628. The molecule has 0 N–H and O–H groups in total. The third kappa shape index (κ3) is 1.99. The highest BCUT2D eigenvalue weighted by molar-refractivity contribution is 9.11. The van der Waals surface area contributed by atoms with Gasteiger partial charge in [0.2, 0.25) is 5.89 Å². The molecule has 0 aliphatic carbocycles. The number of fused-ring (bicyclic) bond motifs is 1. The molecule has 4 heteroatoms. The highest BCUT2D eigenvalue weighted by Crippen LogP contribution is 2.33. The average Bonchev–Trinajstić information content (AvgIpc) is 2.73. The van der Waals surface area contributed by atoms with Crippen LogP contribution in [0.3, 0.4) is 0 Å². The van der Waals surface area contributed by atoms with E-state index in [1.807, 2.05) is 43.3 Å². The van der Waals surface area contributed by atoms with Gasteiger partial charge in [-0.15, -0.1) is 0 Å². The summed E-state index contributed by atoms with van der Waals surface area (Å²) in [6.07, 6.45) is 0. The molecular formula is C14H9Br2NO. The van der Waals surface area contributed by atoms with Crippen molar-refractivity contribution in [1.82, 2.24) is 4.98 Å². The number of oxazole rings is 1. The Bertz CT molecular complexity index is 734. The number of halogens is 2. The van der Waals surface area contributed by atoms with E-state index in [4.69, 9.17) is 4.42 Å². The van der Waals surface area contributed by atoms with E-state index in [0.717, 1.165) is 31.2 Å². The van der Waals surface area contributed by atoms with E-state index in [1.54, 1.807) is 0 Å². The molecule has 2 aromatic carbocycles. The van der Waals surface area contributed by atoms with Crippen LogP contribution in [0.5, 0.6) is 0 Å². The number of rotatable bonds is 1. The van der Waals surface area contributed by atoms with Crippen LogP contribution < -0.4 is 0 Å². The summed E-state index contributed by atoms with van der Waals surface area (Å²) >= 11 is 7.02. The fourth-order valence-corrected chi connectivity index (χ4v) is 2.97. The first-order valence-electron chi connectivity index (χ1n) is 5.47. The third-order valence-corrected chi connectivity index (χ3v) is 3.97. The van der Waals surface area contributed by atoms with Gasteiger partial charge in [-0.1, -0.05) is 12.1 Å². The lowest BCUT2D eigenvalue weighted by Crippen LogP contribution is -1.78. The second-order valence-corrected chi connectivity index (χ2v) is 5.80. The molecule has 0 amide bonds. The van der Waals surface area contributed by atoms with E-state index in [-0.39, 0.29) is 0 Å². The Morgan fingerprint density at radius 2 is 1.83 bits per heavy atom. The second kappa shape index (κ2) is 4.52. The van der Waals surface area contributed by atoms with Gasteiger partial charge in [0.1, 0.15) is 5.52 Å². The summed E-state index contributed by atoms with van der Waals surface area (Å²) in [6, 6.07) is 11.9. The van der Waals surface area contributed by atoms with Gasteiger partial charge >= 0.3 is 0 Å². The molecule has 0 saturated carbocycles. The number of hydrogen-bond acceptors (Lipinski definition) is 2. The first-order chi connectivity index (χ1) is 8.65. The molecule has 0 fully saturated rings.